The Morgan fingerprint density at radius 3 is 2.69 bits per heavy atom. The van der Waals surface area contributed by atoms with E-state index in [1.54, 1.807) is 0 Å². The van der Waals surface area contributed by atoms with Crippen LogP contribution in [-0.2, 0) is 6.54 Å². The number of nitrogens with zero attached hydrogens (tertiary/aromatic N) is 2. The van der Waals surface area contributed by atoms with Gasteiger partial charge in [0.15, 0.2) is 5.13 Å². The maximum atomic E-state index is 11.9. The van der Waals surface area contributed by atoms with Crippen molar-refractivity contribution >= 4 is 16.5 Å². The minimum Gasteiger partial charge on any atom is -0.480 e. The van der Waals surface area contributed by atoms with Crippen LogP contribution < -0.4 is 15.0 Å². The van der Waals surface area contributed by atoms with E-state index in [0.717, 1.165) is 10.0 Å². The number of ether oxygens (including phenoxy) is 1. The second kappa shape index (κ2) is 5.95. The van der Waals surface area contributed by atoms with Crippen molar-refractivity contribution in [2.75, 3.05) is 32.6 Å². The normalized spacial score (nSPS) is 10.9. The minimum atomic E-state index is -2.34. The van der Waals surface area contributed by atoms with Crippen molar-refractivity contribution in [1.82, 2.24) is 10.3 Å². The molecule has 0 aromatic carbocycles. The second-order valence-corrected chi connectivity index (χ2v) is 4.41. The van der Waals surface area contributed by atoms with Gasteiger partial charge in [-0.1, -0.05) is 11.3 Å². The summed E-state index contributed by atoms with van der Waals surface area (Å²) in [5, 5.41) is 3.45. The van der Waals surface area contributed by atoms with Gasteiger partial charge in [-0.05, 0) is 0 Å². The third-order valence-electron chi connectivity index (χ3n) is 1.81. The molecule has 0 amide bonds. The van der Waals surface area contributed by atoms with Gasteiger partial charge in [-0.3, -0.25) is 0 Å². The van der Waals surface area contributed by atoms with Crippen LogP contribution in [0.15, 0.2) is 0 Å². The zero-order valence-electron chi connectivity index (χ0n) is 9.46. The molecule has 4 nitrogen and oxygen atoms in total. The van der Waals surface area contributed by atoms with Gasteiger partial charge in [-0.15, -0.1) is 0 Å². The Kier molecular flexibility index (Phi) is 4.88. The largest absolute Gasteiger partial charge is 0.480 e. The summed E-state index contributed by atoms with van der Waals surface area (Å²) in [5.41, 5.74) is 0. The van der Waals surface area contributed by atoms with Crippen molar-refractivity contribution in [3.05, 3.63) is 4.88 Å². The van der Waals surface area contributed by atoms with Crippen LogP contribution in [0.5, 0.6) is 5.88 Å². The van der Waals surface area contributed by atoms with E-state index in [1.165, 1.54) is 18.4 Å². The Labute approximate surface area is 97.2 Å². The third-order valence-corrected chi connectivity index (χ3v) is 3.01. The number of alkyl halides is 2. The Bertz CT molecular complexity index is 331. The molecule has 16 heavy (non-hydrogen) atoms. The summed E-state index contributed by atoms with van der Waals surface area (Å²) in [6.07, 6.45) is -2.34. The predicted molar refractivity (Wildman–Crippen MR) is 60.7 cm³/mol. The quantitative estimate of drug-likeness (QED) is 0.833. The number of halogens is 2. The predicted octanol–water partition coefficient (Wildman–Crippen LogP) is 1.57. The fourth-order valence-corrected chi connectivity index (χ4v) is 2.01. The monoisotopic (exact) mass is 251 g/mol. The van der Waals surface area contributed by atoms with Crippen LogP contribution >= 0.6 is 11.3 Å². The van der Waals surface area contributed by atoms with Gasteiger partial charge >= 0.3 is 0 Å². The summed E-state index contributed by atoms with van der Waals surface area (Å²) in [5.74, 6) is 0.496. The number of hydrogen-bond acceptors (Lipinski definition) is 5. The van der Waals surface area contributed by atoms with Crippen molar-refractivity contribution in [3.63, 3.8) is 0 Å². The molecule has 0 aliphatic heterocycles. The van der Waals surface area contributed by atoms with Crippen molar-refractivity contribution in [2.45, 2.75) is 13.0 Å². The van der Waals surface area contributed by atoms with Crippen molar-refractivity contribution in [3.8, 4) is 5.88 Å². The van der Waals surface area contributed by atoms with Gasteiger partial charge in [0.1, 0.15) is 0 Å². The number of aromatic nitrogens is 1. The van der Waals surface area contributed by atoms with Crippen LogP contribution in [0.2, 0.25) is 0 Å². The molecule has 0 spiro atoms. The molecule has 0 aliphatic rings. The first-order valence-electron chi connectivity index (χ1n) is 4.74. The number of hydrogen-bond donors (Lipinski definition) is 1. The fourth-order valence-electron chi connectivity index (χ4n) is 1.08. The molecule has 1 aromatic heterocycles. The summed E-state index contributed by atoms with van der Waals surface area (Å²) in [6, 6.07) is 0. The van der Waals surface area contributed by atoms with E-state index in [2.05, 4.69) is 10.3 Å². The SMILES string of the molecule is COc1nc(N(C)C)sc1CNCC(F)F. The Morgan fingerprint density at radius 2 is 2.19 bits per heavy atom. The molecule has 0 aliphatic carbocycles. The number of thiazole rings is 1. The standard InChI is InChI=1S/C9H15F2N3OS/c1-14(2)9-13-8(15-3)6(16-9)4-12-5-7(10)11/h7,12H,4-5H2,1-3H3. The second-order valence-electron chi connectivity index (χ2n) is 3.35. The fraction of sp³-hybridized carbons (Fsp3) is 0.667. The van der Waals surface area contributed by atoms with Gasteiger partial charge in [0, 0.05) is 20.6 Å². The summed E-state index contributed by atoms with van der Waals surface area (Å²) >= 11 is 1.43. The molecule has 92 valence electrons. The summed E-state index contributed by atoms with van der Waals surface area (Å²) in [6.45, 7) is 0.0252. The van der Waals surface area contributed by atoms with Crippen LogP contribution in [0, 0.1) is 0 Å². The van der Waals surface area contributed by atoms with Gasteiger partial charge in [-0.25, -0.2) is 8.78 Å². The summed E-state index contributed by atoms with van der Waals surface area (Å²) in [7, 11) is 5.26. The first kappa shape index (κ1) is 13.1. The first-order chi connectivity index (χ1) is 7.54. The van der Waals surface area contributed by atoms with E-state index >= 15 is 0 Å². The van der Waals surface area contributed by atoms with Gasteiger partial charge in [0.2, 0.25) is 5.88 Å². The molecule has 0 unspecified atom stereocenters. The van der Waals surface area contributed by atoms with Gasteiger partial charge in [-0.2, -0.15) is 4.98 Å². The molecule has 0 saturated heterocycles. The van der Waals surface area contributed by atoms with Gasteiger partial charge in [0.25, 0.3) is 6.43 Å². The van der Waals surface area contributed by atoms with E-state index in [9.17, 15) is 8.78 Å². The number of anilines is 1. The zero-order valence-corrected chi connectivity index (χ0v) is 10.3. The average molecular weight is 251 g/mol. The lowest BCUT2D eigenvalue weighted by Gasteiger charge is -2.05. The van der Waals surface area contributed by atoms with E-state index in [-0.39, 0.29) is 6.54 Å². The van der Waals surface area contributed by atoms with Crippen LogP contribution in [0.3, 0.4) is 0 Å². The molecule has 7 heteroatoms. The van der Waals surface area contributed by atoms with E-state index < -0.39 is 6.43 Å². The van der Waals surface area contributed by atoms with Crippen molar-refractivity contribution < 1.29 is 13.5 Å². The molecule has 0 atom stereocenters. The minimum absolute atomic E-state index is 0.321. The average Bonchev–Trinajstić information content (AvgIpc) is 2.60. The maximum absolute atomic E-state index is 11.9. The first-order valence-corrected chi connectivity index (χ1v) is 5.56. The Morgan fingerprint density at radius 1 is 1.50 bits per heavy atom. The molecule has 1 rings (SSSR count). The summed E-state index contributed by atoms with van der Waals surface area (Å²) in [4.78, 5) is 6.90. The lowest BCUT2D eigenvalue weighted by Crippen LogP contribution is -2.20. The van der Waals surface area contributed by atoms with E-state index in [4.69, 9.17) is 4.74 Å². The Hall–Kier alpha value is -0.950. The molecule has 0 fully saturated rings. The van der Waals surface area contributed by atoms with Crippen LogP contribution in [0.25, 0.3) is 0 Å². The number of rotatable bonds is 6. The van der Waals surface area contributed by atoms with Crippen LogP contribution in [0.4, 0.5) is 13.9 Å². The number of nitrogens with one attached hydrogen (secondary N) is 1. The van der Waals surface area contributed by atoms with E-state index in [0.29, 0.717) is 12.4 Å². The molecular formula is C9H15F2N3OS. The van der Waals surface area contributed by atoms with Crippen LogP contribution in [-0.4, -0.2) is 39.2 Å². The maximum Gasteiger partial charge on any atom is 0.250 e. The molecule has 0 bridgehead atoms. The van der Waals surface area contributed by atoms with Gasteiger partial charge in [0.05, 0.1) is 18.5 Å². The highest BCUT2D eigenvalue weighted by atomic mass is 32.1. The van der Waals surface area contributed by atoms with Crippen molar-refractivity contribution in [1.29, 1.82) is 0 Å². The third kappa shape index (κ3) is 3.57. The molecule has 0 saturated carbocycles. The Balaban J connectivity index is 2.63. The molecule has 1 aromatic rings. The van der Waals surface area contributed by atoms with E-state index in [1.807, 2.05) is 19.0 Å². The molecule has 0 radical (unpaired) electrons. The van der Waals surface area contributed by atoms with Crippen LogP contribution in [0.1, 0.15) is 4.88 Å². The summed E-state index contributed by atoms with van der Waals surface area (Å²) < 4.78 is 29.0. The smallest absolute Gasteiger partial charge is 0.250 e. The van der Waals surface area contributed by atoms with Crippen molar-refractivity contribution in [2.24, 2.45) is 0 Å². The highest BCUT2D eigenvalue weighted by Gasteiger charge is 2.13. The topological polar surface area (TPSA) is 37.4 Å². The zero-order chi connectivity index (χ0) is 12.1. The highest BCUT2D eigenvalue weighted by Crippen LogP contribution is 2.30. The lowest BCUT2D eigenvalue weighted by atomic mass is 10.5. The highest BCUT2D eigenvalue weighted by molar-refractivity contribution is 7.15. The molecule has 1 heterocycles. The molecule has 1 N–H and O–H groups in total. The van der Waals surface area contributed by atoms with Gasteiger partial charge < -0.3 is 15.0 Å². The number of methoxy groups -OCH3 is 1. The lowest BCUT2D eigenvalue weighted by molar-refractivity contribution is 0.145. The molecular weight excluding hydrogens is 236 g/mol.